The molecule has 2 amide bonds. The van der Waals surface area contributed by atoms with Crippen LogP contribution in [0, 0.1) is 11.8 Å². The highest BCUT2D eigenvalue weighted by atomic mass is 16.5. The van der Waals surface area contributed by atoms with Crippen LogP contribution in [0.5, 0.6) is 0 Å². The number of hydrogen-bond acceptors (Lipinski definition) is 5. The Kier molecular flexibility index (Phi) is 5.43. The number of ether oxygens (including phenoxy) is 1. The van der Waals surface area contributed by atoms with E-state index in [1.54, 1.807) is 18.3 Å². The number of nitrogens with one attached hydrogen (secondary N) is 1. The van der Waals surface area contributed by atoms with Crippen molar-refractivity contribution < 1.29 is 18.7 Å². The second-order valence-electron chi connectivity index (χ2n) is 7.48. The molecule has 1 aromatic heterocycles. The van der Waals surface area contributed by atoms with E-state index < -0.39 is 0 Å². The van der Waals surface area contributed by atoms with Crippen LogP contribution in [0.25, 0.3) is 11.3 Å². The summed E-state index contributed by atoms with van der Waals surface area (Å²) in [6, 6.07) is 7.45. The van der Waals surface area contributed by atoms with Gasteiger partial charge < -0.3 is 19.4 Å². The molecule has 1 aromatic carbocycles. The molecule has 1 aliphatic carbocycles. The molecule has 0 spiro atoms. The zero-order valence-electron chi connectivity index (χ0n) is 16.0. The fourth-order valence-corrected chi connectivity index (χ4v) is 4.32. The van der Waals surface area contributed by atoms with Gasteiger partial charge in [-0.25, -0.2) is 4.98 Å². The third kappa shape index (κ3) is 3.80. The van der Waals surface area contributed by atoms with E-state index in [9.17, 15) is 9.59 Å². The molecule has 4 rings (SSSR count). The quantitative estimate of drug-likeness (QED) is 0.828. The fraction of sp³-hybridized carbons (Fsp3) is 0.476. The Morgan fingerprint density at radius 1 is 1.21 bits per heavy atom. The van der Waals surface area contributed by atoms with E-state index in [0.717, 1.165) is 18.4 Å². The zero-order valence-corrected chi connectivity index (χ0v) is 16.0. The summed E-state index contributed by atoms with van der Waals surface area (Å²) in [6.07, 6.45) is 5.11. The lowest BCUT2D eigenvalue weighted by atomic mass is 9.91. The number of rotatable bonds is 6. The summed E-state index contributed by atoms with van der Waals surface area (Å²) in [5.41, 5.74) is 1.51. The van der Waals surface area contributed by atoms with Crippen molar-refractivity contribution in [1.29, 1.82) is 0 Å². The van der Waals surface area contributed by atoms with Gasteiger partial charge in [0.1, 0.15) is 6.61 Å². The molecule has 1 unspecified atom stereocenters. The van der Waals surface area contributed by atoms with Crippen LogP contribution in [0.3, 0.4) is 0 Å². The number of amides is 2. The summed E-state index contributed by atoms with van der Waals surface area (Å²) >= 11 is 0. The van der Waals surface area contributed by atoms with Gasteiger partial charge >= 0.3 is 0 Å². The van der Waals surface area contributed by atoms with Gasteiger partial charge in [-0.15, -0.1) is 0 Å². The first-order chi connectivity index (χ1) is 13.7. The van der Waals surface area contributed by atoms with Gasteiger partial charge in [0.25, 0.3) is 5.91 Å². The zero-order chi connectivity index (χ0) is 19.5. The minimum Gasteiger partial charge on any atom is -0.444 e. The van der Waals surface area contributed by atoms with Crippen molar-refractivity contribution in [2.75, 3.05) is 26.3 Å². The van der Waals surface area contributed by atoms with E-state index in [-0.39, 0.29) is 24.5 Å². The molecule has 2 heterocycles. The number of nitrogens with zero attached hydrogens (tertiary/aromatic N) is 2. The van der Waals surface area contributed by atoms with E-state index in [1.165, 1.54) is 6.39 Å². The normalized spacial score (nSPS) is 23.6. The minimum atomic E-state index is -0.0693. The molecule has 2 fully saturated rings. The SMILES string of the molecule is CCOCC(=O)N1C[C@H]2CC[C@@H](C1)C2NC(=O)c1ccc(-c2cnco2)cc1. The van der Waals surface area contributed by atoms with E-state index in [4.69, 9.17) is 9.15 Å². The summed E-state index contributed by atoms with van der Waals surface area (Å²) in [7, 11) is 0. The van der Waals surface area contributed by atoms with Crippen LogP contribution in [-0.4, -0.2) is 54.0 Å². The Bertz CT molecular complexity index is 805. The maximum Gasteiger partial charge on any atom is 0.251 e. The molecule has 0 radical (unpaired) electrons. The smallest absolute Gasteiger partial charge is 0.251 e. The molecule has 148 valence electrons. The standard InChI is InChI=1S/C21H25N3O4/c1-2-27-12-19(25)24-10-16-7-8-17(11-24)20(16)23-21(26)15-5-3-14(4-6-15)18-9-22-13-28-18/h3-6,9,13,16-17,20H,2,7-8,10-12H2,1H3,(H,23,26)/t16-,17+,20?. The monoisotopic (exact) mass is 383 g/mol. The molecule has 1 N–H and O–H groups in total. The first-order valence-electron chi connectivity index (χ1n) is 9.81. The van der Waals surface area contributed by atoms with Gasteiger partial charge in [0.05, 0.1) is 6.20 Å². The molecule has 2 aromatic rings. The molecular weight excluding hydrogens is 358 g/mol. The molecule has 1 saturated carbocycles. The molecular formula is C21H25N3O4. The Balaban J connectivity index is 1.37. The third-order valence-corrected chi connectivity index (χ3v) is 5.78. The molecule has 1 saturated heterocycles. The average molecular weight is 383 g/mol. The van der Waals surface area contributed by atoms with Crippen molar-refractivity contribution in [3.63, 3.8) is 0 Å². The summed E-state index contributed by atoms with van der Waals surface area (Å²) in [4.78, 5) is 30.8. The number of likely N-dealkylation sites (tertiary alicyclic amines) is 1. The summed E-state index contributed by atoms with van der Waals surface area (Å²) in [6.45, 7) is 3.96. The van der Waals surface area contributed by atoms with Crippen molar-refractivity contribution in [2.24, 2.45) is 11.8 Å². The Morgan fingerprint density at radius 3 is 2.54 bits per heavy atom. The molecule has 2 aliphatic rings. The number of fused-ring (bicyclic) bond motifs is 2. The summed E-state index contributed by atoms with van der Waals surface area (Å²) < 4.78 is 10.5. The summed E-state index contributed by atoms with van der Waals surface area (Å²) in [5, 5.41) is 3.21. The van der Waals surface area contributed by atoms with Crippen molar-refractivity contribution >= 4 is 11.8 Å². The predicted molar refractivity (Wildman–Crippen MR) is 102 cm³/mol. The van der Waals surface area contributed by atoms with E-state index in [1.807, 2.05) is 24.0 Å². The average Bonchev–Trinajstić information content (AvgIpc) is 3.32. The lowest BCUT2D eigenvalue weighted by Crippen LogP contribution is -2.54. The van der Waals surface area contributed by atoms with Crippen LogP contribution < -0.4 is 5.32 Å². The number of piperidine rings is 1. The van der Waals surface area contributed by atoms with Crippen molar-refractivity contribution in [3.8, 4) is 11.3 Å². The number of hydrogen-bond donors (Lipinski definition) is 1. The number of benzene rings is 1. The molecule has 2 bridgehead atoms. The van der Waals surface area contributed by atoms with E-state index >= 15 is 0 Å². The highest BCUT2D eigenvalue weighted by Gasteiger charge is 2.43. The highest BCUT2D eigenvalue weighted by Crippen LogP contribution is 2.37. The van der Waals surface area contributed by atoms with Crippen LogP contribution in [-0.2, 0) is 9.53 Å². The van der Waals surface area contributed by atoms with Gasteiger partial charge in [-0.1, -0.05) is 12.1 Å². The molecule has 28 heavy (non-hydrogen) atoms. The van der Waals surface area contributed by atoms with E-state index in [0.29, 0.717) is 42.9 Å². The summed E-state index contributed by atoms with van der Waals surface area (Å²) in [5.74, 6) is 1.27. The Hall–Kier alpha value is -2.67. The maximum atomic E-state index is 12.7. The molecule has 7 nitrogen and oxygen atoms in total. The van der Waals surface area contributed by atoms with Crippen LogP contribution in [0.1, 0.15) is 30.1 Å². The van der Waals surface area contributed by atoms with Crippen LogP contribution in [0.2, 0.25) is 0 Å². The number of carbonyl (C=O) groups excluding carboxylic acids is 2. The second-order valence-corrected chi connectivity index (χ2v) is 7.48. The first kappa shape index (κ1) is 18.7. The van der Waals surface area contributed by atoms with Crippen LogP contribution in [0.4, 0.5) is 0 Å². The number of carbonyl (C=O) groups is 2. The van der Waals surface area contributed by atoms with Crippen molar-refractivity contribution in [2.45, 2.75) is 25.8 Å². The number of aromatic nitrogens is 1. The van der Waals surface area contributed by atoms with E-state index in [2.05, 4.69) is 10.3 Å². The van der Waals surface area contributed by atoms with Crippen LogP contribution in [0.15, 0.2) is 41.3 Å². The van der Waals surface area contributed by atoms with Gasteiger partial charge in [0.2, 0.25) is 5.91 Å². The lowest BCUT2D eigenvalue weighted by molar-refractivity contribution is -0.138. The lowest BCUT2D eigenvalue weighted by Gasteiger charge is -2.38. The van der Waals surface area contributed by atoms with Gasteiger partial charge in [-0.2, -0.15) is 0 Å². The molecule has 1 aliphatic heterocycles. The highest BCUT2D eigenvalue weighted by molar-refractivity contribution is 5.94. The van der Waals surface area contributed by atoms with Gasteiger partial charge in [-0.05, 0) is 43.7 Å². The van der Waals surface area contributed by atoms with Crippen LogP contribution >= 0.6 is 0 Å². The van der Waals surface area contributed by atoms with Crippen molar-refractivity contribution in [1.82, 2.24) is 15.2 Å². The third-order valence-electron chi connectivity index (χ3n) is 5.78. The Morgan fingerprint density at radius 2 is 1.93 bits per heavy atom. The topological polar surface area (TPSA) is 84.7 Å². The molecule has 7 heteroatoms. The second kappa shape index (κ2) is 8.14. The number of oxazole rings is 1. The minimum absolute atomic E-state index is 0.0477. The predicted octanol–water partition coefficient (Wildman–Crippen LogP) is 2.34. The van der Waals surface area contributed by atoms with Gasteiger partial charge in [0, 0.05) is 36.9 Å². The fourth-order valence-electron chi connectivity index (χ4n) is 4.32. The largest absolute Gasteiger partial charge is 0.444 e. The van der Waals surface area contributed by atoms with Crippen molar-refractivity contribution in [3.05, 3.63) is 42.4 Å². The van der Waals surface area contributed by atoms with Gasteiger partial charge in [0.15, 0.2) is 12.2 Å². The maximum absolute atomic E-state index is 12.7. The first-order valence-corrected chi connectivity index (χ1v) is 9.81. The van der Waals surface area contributed by atoms with Gasteiger partial charge in [-0.3, -0.25) is 9.59 Å². The molecule has 3 atom stereocenters. The Labute approximate surface area is 164 Å².